The molecule has 1 N–H and O–H groups in total. The Kier molecular flexibility index (Phi) is 8.06. The maximum atomic E-state index is 13.0. The standard InChI is InChI=1S/C26H32N2O4/c1-4-27(5-2)17-10-18-28-23(19-13-15-21(16-14-19)32-6-3)22(25(30)26(28)31)24(29)20-11-8-7-9-12-20/h7-9,11-16,23,29H,4-6,10,17-18H2,1-3H3/b24-22+/t23-/m0/s1. The number of rotatable bonds is 10. The highest BCUT2D eigenvalue weighted by atomic mass is 16.5. The maximum Gasteiger partial charge on any atom is 0.295 e. The van der Waals surface area contributed by atoms with Crippen LogP contribution in [-0.2, 0) is 9.59 Å². The number of benzene rings is 2. The molecule has 1 amide bonds. The minimum atomic E-state index is -0.645. The lowest BCUT2D eigenvalue weighted by molar-refractivity contribution is -0.140. The molecule has 0 radical (unpaired) electrons. The highest BCUT2D eigenvalue weighted by Crippen LogP contribution is 2.39. The third kappa shape index (κ3) is 5.02. The Bertz CT molecular complexity index is 950. The van der Waals surface area contributed by atoms with E-state index in [-0.39, 0.29) is 11.3 Å². The molecular weight excluding hydrogens is 404 g/mol. The Balaban J connectivity index is 1.99. The van der Waals surface area contributed by atoms with Crippen molar-refractivity contribution in [1.82, 2.24) is 9.80 Å². The number of amides is 1. The first-order valence-corrected chi connectivity index (χ1v) is 11.3. The van der Waals surface area contributed by atoms with Gasteiger partial charge in [-0.15, -0.1) is 0 Å². The van der Waals surface area contributed by atoms with Crippen LogP contribution < -0.4 is 4.74 Å². The molecule has 1 aliphatic heterocycles. The van der Waals surface area contributed by atoms with Gasteiger partial charge in [0.2, 0.25) is 0 Å². The van der Waals surface area contributed by atoms with Crippen molar-refractivity contribution in [3.63, 3.8) is 0 Å². The van der Waals surface area contributed by atoms with Gasteiger partial charge >= 0.3 is 0 Å². The quantitative estimate of drug-likeness (QED) is 0.343. The SMILES string of the molecule is CCOc1ccc([C@H]2/C(=C(\O)c3ccccc3)C(=O)C(=O)N2CCCN(CC)CC)cc1. The third-order valence-corrected chi connectivity index (χ3v) is 5.86. The molecule has 0 aliphatic carbocycles. The van der Waals surface area contributed by atoms with Crippen molar-refractivity contribution < 1.29 is 19.4 Å². The molecule has 1 aliphatic rings. The number of ketones is 1. The summed E-state index contributed by atoms with van der Waals surface area (Å²) in [5.41, 5.74) is 1.42. The molecule has 170 valence electrons. The van der Waals surface area contributed by atoms with E-state index in [1.807, 2.05) is 37.3 Å². The number of carbonyl (C=O) groups is 2. The molecule has 2 aromatic rings. The molecule has 1 heterocycles. The van der Waals surface area contributed by atoms with Crippen LogP contribution in [0.3, 0.4) is 0 Å². The molecule has 0 unspecified atom stereocenters. The molecular formula is C26H32N2O4. The van der Waals surface area contributed by atoms with Crippen LogP contribution in [0.4, 0.5) is 0 Å². The van der Waals surface area contributed by atoms with E-state index >= 15 is 0 Å². The topological polar surface area (TPSA) is 70.1 Å². The van der Waals surface area contributed by atoms with Crippen molar-refractivity contribution in [2.24, 2.45) is 0 Å². The molecule has 0 aromatic heterocycles. The number of hydrogen-bond donors (Lipinski definition) is 1. The first-order valence-electron chi connectivity index (χ1n) is 11.3. The van der Waals surface area contributed by atoms with Crippen LogP contribution in [0.15, 0.2) is 60.2 Å². The van der Waals surface area contributed by atoms with Gasteiger partial charge in [0.05, 0.1) is 18.2 Å². The van der Waals surface area contributed by atoms with Gasteiger partial charge < -0.3 is 19.6 Å². The fourth-order valence-corrected chi connectivity index (χ4v) is 4.13. The lowest BCUT2D eigenvalue weighted by Crippen LogP contribution is -2.33. The van der Waals surface area contributed by atoms with Gasteiger partial charge in [0.1, 0.15) is 11.5 Å². The first kappa shape index (κ1) is 23.5. The monoisotopic (exact) mass is 436 g/mol. The van der Waals surface area contributed by atoms with Crippen LogP contribution >= 0.6 is 0 Å². The fraction of sp³-hybridized carbons (Fsp3) is 0.385. The number of carbonyl (C=O) groups excluding carboxylic acids is 2. The van der Waals surface area contributed by atoms with Crippen molar-refractivity contribution in [3.05, 3.63) is 71.3 Å². The Morgan fingerprint density at radius 2 is 1.66 bits per heavy atom. The van der Waals surface area contributed by atoms with E-state index in [1.165, 1.54) is 0 Å². The Morgan fingerprint density at radius 3 is 2.25 bits per heavy atom. The molecule has 32 heavy (non-hydrogen) atoms. The molecule has 0 bridgehead atoms. The van der Waals surface area contributed by atoms with Gasteiger partial charge in [0, 0.05) is 12.1 Å². The zero-order chi connectivity index (χ0) is 23.1. The molecule has 1 saturated heterocycles. The van der Waals surface area contributed by atoms with Crippen molar-refractivity contribution >= 4 is 17.4 Å². The Labute approximate surface area is 190 Å². The van der Waals surface area contributed by atoms with E-state index in [9.17, 15) is 14.7 Å². The van der Waals surface area contributed by atoms with Crippen molar-refractivity contribution in [2.75, 3.05) is 32.8 Å². The zero-order valence-corrected chi connectivity index (χ0v) is 19.1. The van der Waals surface area contributed by atoms with Crippen LogP contribution in [0.25, 0.3) is 5.76 Å². The smallest absolute Gasteiger partial charge is 0.295 e. The van der Waals surface area contributed by atoms with E-state index in [4.69, 9.17) is 4.74 Å². The summed E-state index contributed by atoms with van der Waals surface area (Å²) in [5, 5.41) is 11.0. The van der Waals surface area contributed by atoms with Crippen LogP contribution in [-0.4, -0.2) is 59.4 Å². The van der Waals surface area contributed by atoms with Crippen LogP contribution in [0.2, 0.25) is 0 Å². The number of aliphatic hydroxyl groups is 1. The molecule has 2 aromatic carbocycles. The summed E-state index contributed by atoms with van der Waals surface area (Å²) >= 11 is 0. The van der Waals surface area contributed by atoms with E-state index < -0.39 is 17.7 Å². The number of Topliss-reactive ketones (excluding diaryl/α,β-unsaturated/α-hetero) is 1. The first-order chi connectivity index (χ1) is 15.5. The minimum absolute atomic E-state index is 0.133. The molecule has 0 saturated carbocycles. The lowest BCUT2D eigenvalue weighted by Gasteiger charge is -2.27. The van der Waals surface area contributed by atoms with Gasteiger partial charge in [-0.05, 0) is 50.7 Å². The predicted octanol–water partition coefficient (Wildman–Crippen LogP) is 4.24. The second-order valence-electron chi connectivity index (χ2n) is 7.74. The van der Waals surface area contributed by atoms with E-state index in [0.29, 0.717) is 18.7 Å². The summed E-state index contributed by atoms with van der Waals surface area (Å²) in [6.07, 6.45) is 0.744. The summed E-state index contributed by atoms with van der Waals surface area (Å²) in [6.45, 7) is 9.83. The van der Waals surface area contributed by atoms with Gasteiger partial charge in [-0.2, -0.15) is 0 Å². The van der Waals surface area contributed by atoms with E-state index in [2.05, 4.69) is 18.7 Å². The summed E-state index contributed by atoms with van der Waals surface area (Å²) < 4.78 is 5.54. The highest BCUT2D eigenvalue weighted by Gasteiger charge is 2.45. The number of likely N-dealkylation sites (tertiary alicyclic amines) is 1. The second kappa shape index (κ2) is 11.0. The lowest BCUT2D eigenvalue weighted by atomic mass is 9.95. The third-order valence-electron chi connectivity index (χ3n) is 5.86. The summed E-state index contributed by atoms with van der Waals surface area (Å²) in [7, 11) is 0. The number of aliphatic hydroxyl groups excluding tert-OH is 1. The predicted molar refractivity (Wildman–Crippen MR) is 125 cm³/mol. The summed E-state index contributed by atoms with van der Waals surface area (Å²) in [5.74, 6) is -0.638. The zero-order valence-electron chi connectivity index (χ0n) is 19.1. The van der Waals surface area contributed by atoms with Crippen LogP contribution in [0.5, 0.6) is 5.75 Å². The molecule has 1 fully saturated rings. The minimum Gasteiger partial charge on any atom is -0.507 e. The second-order valence-corrected chi connectivity index (χ2v) is 7.74. The largest absolute Gasteiger partial charge is 0.507 e. The average molecular weight is 437 g/mol. The number of nitrogens with zero attached hydrogens (tertiary/aromatic N) is 2. The van der Waals surface area contributed by atoms with Crippen LogP contribution in [0, 0.1) is 0 Å². The summed E-state index contributed by atoms with van der Waals surface area (Å²) in [6, 6.07) is 15.6. The fourth-order valence-electron chi connectivity index (χ4n) is 4.13. The molecule has 6 heteroatoms. The van der Waals surface area contributed by atoms with Crippen molar-refractivity contribution in [1.29, 1.82) is 0 Å². The van der Waals surface area contributed by atoms with E-state index in [1.54, 1.807) is 29.2 Å². The Hall–Kier alpha value is -3.12. The Morgan fingerprint density at radius 1 is 1.00 bits per heavy atom. The van der Waals surface area contributed by atoms with Gasteiger partial charge in [-0.1, -0.05) is 56.3 Å². The molecule has 1 atom stereocenters. The van der Waals surface area contributed by atoms with Crippen molar-refractivity contribution in [3.8, 4) is 5.75 Å². The average Bonchev–Trinajstić information content (AvgIpc) is 3.07. The van der Waals surface area contributed by atoms with Gasteiger partial charge in [-0.3, -0.25) is 9.59 Å². The summed E-state index contributed by atoms with van der Waals surface area (Å²) in [4.78, 5) is 29.9. The van der Waals surface area contributed by atoms with Crippen LogP contribution in [0.1, 0.15) is 44.4 Å². The van der Waals surface area contributed by atoms with Gasteiger partial charge in [0.15, 0.2) is 0 Å². The van der Waals surface area contributed by atoms with Gasteiger partial charge in [0.25, 0.3) is 11.7 Å². The molecule has 3 rings (SSSR count). The van der Waals surface area contributed by atoms with Gasteiger partial charge in [-0.25, -0.2) is 0 Å². The number of hydrogen-bond acceptors (Lipinski definition) is 5. The normalized spacial score (nSPS) is 17.9. The van der Waals surface area contributed by atoms with E-state index in [0.717, 1.165) is 37.4 Å². The number of ether oxygens (including phenoxy) is 1. The maximum absolute atomic E-state index is 13.0. The highest BCUT2D eigenvalue weighted by molar-refractivity contribution is 6.46. The van der Waals surface area contributed by atoms with Crippen molar-refractivity contribution in [2.45, 2.75) is 33.2 Å². The molecule has 6 nitrogen and oxygen atoms in total. The molecule has 0 spiro atoms.